The van der Waals surface area contributed by atoms with E-state index in [0.29, 0.717) is 5.92 Å². The normalized spacial score (nSPS) is 16.7. The maximum absolute atomic E-state index is 6.07. The van der Waals surface area contributed by atoms with Crippen LogP contribution in [0.4, 0.5) is 0 Å². The highest BCUT2D eigenvalue weighted by atomic mass is 35.5. The summed E-state index contributed by atoms with van der Waals surface area (Å²) in [6.07, 6.45) is 2.39. The number of rotatable bonds is 2. The van der Waals surface area contributed by atoms with Crippen molar-refractivity contribution in [2.75, 3.05) is 13.1 Å². The molecule has 0 spiro atoms. The summed E-state index contributed by atoms with van der Waals surface area (Å²) in [6.45, 7) is 4.37. The van der Waals surface area contributed by atoms with Gasteiger partial charge in [-0.1, -0.05) is 23.7 Å². The van der Waals surface area contributed by atoms with Crippen molar-refractivity contribution >= 4 is 22.9 Å². The zero-order valence-electron chi connectivity index (χ0n) is 10.9. The van der Waals surface area contributed by atoms with Crippen molar-refractivity contribution in [3.05, 3.63) is 39.2 Å². The van der Waals surface area contributed by atoms with Gasteiger partial charge in [0, 0.05) is 21.4 Å². The Kier molecular flexibility index (Phi) is 3.87. The van der Waals surface area contributed by atoms with Crippen molar-refractivity contribution in [1.29, 1.82) is 0 Å². The molecule has 0 amide bonds. The number of halogens is 1. The van der Waals surface area contributed by atoms with E-state index in [4.69, 9.17) is 16.6 Å². The lowest BCUT2D eigenvalue weighted by Gasteiger charge is -2.20. The van der Waals surface area contributed by atoms with Gasteiger partial charge in [-0.3, -0.25) is 0 Å². The first kappa shape index (κ1) is 13.1. The van der Waals surface area contributed by atoms with Gasteiger partial charge < -0.3 is 5.32 Å². The molecule has 2 heterocycles. The summed E-state index contributed by atoms with van der Waals surface area (Å²) in [5.41, 5.74) is 2.22. The quantitative estimate of drug-likeness (QED) is 0.895. The maximum atomic E-state index is 6.07. The molecule has 1 aromatic carbocycles. The molecule has 3 rings (SSSR count). The number of nitrogens with one attached hydrogen (secondary N) is 1. The summed E-state index contributed by atoms with van der Waals surface area (Å²) in [4.78, 5) is 6.16. The van der Waals surface area contributed by atoms with Crippen LogP contribution in [0.5, 0.6) is 0 Å². The topological polar surface area (TPSA) is 24.9 Å². The van der Waals surface area contributed by atoms with E-state index in [1.807, 2.05) is 29.5 Å². The number of thiazole rings is 1. The van der Waals surface area contributed by atoms with Crippen LogP contribution in [0.15, 0.2) is 24.3 Å². The second kappa shape index (κ2) is 5.61. The summed E-state index contributed by atoms with van der Waals surface area (Å²) in [7, 11) is 0. The Morgan fingerprint density at radius 2 is 2.11 bits per heavy atom. The fourth-order valence-electron chi connectivity index (χ4n) is 2.56. The molecule has 1 fully saturated rings. The molecule has 0 radical (unpaired) electrons. The molecule has 4 heteroatoms. The Bertz CT molecular complexity index is 573. The zero-order valence-corrected chi connectivity index (χ0v) is 12.5. The molecule has 0 atom stereocenters. The van der Waals surface area contributed by atoms with E-state index < -0.39 is 0 Å². The Labute approximate surface area is 122 Å². The van der Waals surface area contributed by atoms with Gasteiger partial charge in [0.1, 0.15) is 0 Å². The number of aryl methyl sites for hydroxylation is 1. The van der Waals surface area contributed by atoms with Crippen LogP contribution in [0.3, 0.4) is 0 Å². The van der Waals surface area contributed by atoms with E-state index in [9.17, 15) is 0 Å². The van der Waals surface area contributed by atoms with Crippen LogP contribution in [0.1, 0.15) is 28.6 Å². The highest BCUT2D eigenvalue weighted by Crippen LogP contribution is 2.35. The van der Waals surface area contributed by atoms with Gasteiger partial charge in [0.2, 0.25) is 0 Å². The number of piperidine rings is 1. The van der Waals surface area contributed by atoms with Crippen LogP contribution in [-0.4, -0.2) is 18.1 Å². The van der Waals surface area contributed by atoms with Crippen molar-refractivity contribution in [2.24, 2.45) is 0 Å². The standard InChI is InChI=1S/C15H17ClN2S/c1-10-14(12-3-2-4-13(16)9-12)18-15(19-10)11-5-7-17-8-6-11/h2-4,9,11,17H,5-8H2,1H3. The molecule has 1 aliphatic heterocycles. The van der Waals surface area contributed by atoms with E-state index in [1.165, 1.54) is 22.7 Å². The fraction of sp³-hybridized carbons (Fsp3) is 0.400. The largest absolute Gasteiger partial charge is 0.317 e. The van der Waals surface area contributed by atoms with E-state index in [2.05, 4.69) is 18.3 Å². The van der Waals surface area contributed by atoms with Crippen molar-refractivity contribution in [3.63, 3.8) is 0 Å². The van der Waals surface area contributed by atoms with E-state index >= 15 is 0 Å². The molecule has 1 aliphatic rings. The van der Waals surface area contributed by atoms with Crippen LogP contribution in [0.2, 0.25) is 5.02 Å². The highest BCUT2D eigenvalue weighted by Gasteiger charge is 2.20. The van der Waals surface area contributed by atoms with Gasteiger partial charge in [-0.15, -0.1) is 11.3 Å². The summed E-state index contributed by atoms with van der Waals surface area (Å²) in [6, 6.07) is 7.97. The maximum Gasteiger partial charge on any atom is 0.0967 e. The SMILES string of the molecule is Cc1sc(C2CCNCC2)nc1-c1cccc(Cl)c1. The van der Waals surface area contributed by atoms with Crippen LogP contribution < -0.4 is 5.32 Å². The van der Waals surface area contributed by atoms with Crippen LogP contribution >= 0.6 is 22.9 Å². The van der Waals surface area contributed by atoms with Gasteiger partial charge in [0.15, 0.2) is 0 Å². The predicted octanol–water partition coefficient (Wildman–Crippen LogP) is 4.24. The summed E-state index contributed by atoms with van der Waals surface area (Å²) >= 11 is 7.91. The molecule has 0 bridgehead atoms. The molecule has 0 saturated carbocycles. The lowest BCUT2D eigenvalue weighted by molar-refractivity contribution is 0.459. The number of aromatic nitrogens is 1. The molecular weight excluding hydrogens is 276 g/mol. The van der Waals surface area contributed by atoms with Gasteiger partial charge >= 0.3 is 0 Å². The summed E-state index contributed by atoms with van der Waals surface area (Å²) < 4.78 is 0. The molecular formula is C15H17ClN2S. The van der Waals surface area contributed by atoms with Crippen molar-refractivity contribution in [1.82, 2.24) is 10.3 Å². The minimum Gasteiger partial charge on any atom is -0.317 e. The molecule has 100 valence electrons. The number of hydrogen-bond acceptors (Lipinski definition) is 3. The van der Waals surface area contributed by atoms with E-state index in [-0.39, 0.29) is 0 Å². The Hall–Kier alpha value is -0.900. The first-order valence-corrected chi connectivity index (χ1v) is 7.87. The molecule has 0 aliphatic carbocycles. The van der Waals surface area contributed by atoms with Crippen molar-refractivity contribution in [2.45, 2.75) is 25.7 Å². The smallest absolute Gasteiger partial charge is 0.0967 e. The Morgan fingerprint density at radius 1 is 1.32 bits per heavy atom. The third-order valence-corrected chi connectivity index (χ3v) is 4.97. The van der Waals surface area contributed by atoms with E-state index in [0.717, 1.165) is 29.4 Å². The number of benzene rings is 1. The van der Waals surface area contributed by atoms with Crippen molar-refractivity contribution < 1.29 is 0 Å². The molecule has 1 N–H and O–H groups in total. The van der Waals surface area contributed by atoms with Gasteiger partial charge in [-0.25, -0.2) is 4.98 Å². The van der Waals surface area contributed by atoms with Crippen LogP contribution in [0, 0.1) is 6.92 Å². The van der Waals surface area contributed by atoms with Crippen LogP contribution in [-0.2, 0) is 0 Å². The fourth-order valence-corrected chi connectivity index (χ4v) is 3.87. The average Bonchev–Trinajstić information content (AvgIpc) is 2.82. The lowest BCUT2D eigenvalue weighted by Crippen LogP contribution is -2.26. The van der Waals surface area contributed by atoms with Crippen molar-refractivity contribution in [3.8, 4) is 11.3 Å². The minimum atomic E-state index is 0.623. The van der Waals surface area contributed by atoms with Gasteiger partial charge in [-0.05, 0) is 45.0 Å². The highest BCUT2D eigenvalue weighted by molar-refractivity contribution is 7.12. The summed E-state index contributed by atoms with van der Waals surface area (Å²) in [5, 5.41) is 5.46. The van der Waals surface area contributed by atoms with Gasteiger partial charge in [0.25, 0.3) is 0 Å². The Morgan fingerprint density at radius 3 is 2.84 bits per heavy atom. The van der Waals surface area contributed by atoms with Gasteiger partial charge in [0.05, 0.1) is 10.7 Å². The first-order chi connectivity index (χ1) is 9.24. The summed E-state index contributed by atoms with van der Waals surface area (Å²) in [5.74, 6) is 0.623. The minimum absolute atomic E-state index is 0.623. The van der Waals surface area contributed by atoms with Crippen LogP contribution in [0.25, 0.3) is 11.3 Å². The zero-order chi connectivity index (χ0) is 13.2. The average molecular weight is 293 g/mol. The Balaban J connectivity index is 1.92. The molecule has 0 unspecified atom stereocenters. The number of hydrogen-bond donors (Lipinski definition) is 1. The third-order valence-electron chi connectivity index (χ3n) is 3.60. The number of nitrogens with zero attached hydrogens (tertiary/aromatic N) is 1. The first-order valence-electron chi connectivity index (χ1n) is 6.68. The molecule has 1 saturated heterocycles. The second-order valence-electron chi connectivity index (χ2n) is 4.99. The third kappa shape index (κ3) is 2.83. The molecule has 19 heavy (non-hydrogen) atoms. The lowest BCUT2D eigenvalue weighted by atomic mass is 9.99. The monoisotopic (exact) mass is 292 g/mol. The second-order valence-corrected chi connectivity index (χ2v) is 6.66. The molecule has 2 aromatic rings. The molecule has 1 aromatic heterocycles. The predicted molar refractivity (Wildman–Crippen MR) is 82.1 cm³/mol. The molecule has 2 nitrogen and oxygen atoms in total. The van der Waals surface area contributed by atoms with Gasteiger partial charge in [-0.2, -0.15) is 0 Å². The van der Waals surface area contributed by atoms with E-state index in [1.54, 1.807) is 0 Å².